The number of nitrogens with zero attached hydrogens (tertiary/aromatic N) is 5. The third-order valence-corrected chi connectivity index (χ3v) is 7.04. The monoisotopic (exact) mass is 722 g/mol. The number of hydrogen-bond donors (Lipinski definition) is 5. The van der Waals surface area contributed by atoms with Gasteiger partial charge in [-0.05, 0) is 37.9 Å². The van der Waals surface area contributed by atoms with E-state index >= 15 is 0 Å². The van der Waals surface area contributed by atoms with Crippen LogP contribution in [0.15, 0.2) is 21.3 Å². The number of anilines is 2. The van der Waals surface area contributed by atoms with Crippen molar-refractivity contribution in [3.63, 3.8) is 0 Å². The SMILES string of the molecule is C#CCOc1cc(-n2nc(C(C)(C)C)oc2=O)c(Cl)cc1Cl.CCNc1nc(Cl)nc(NCC)n1.CP(=O)(O)CCC(N)C(=O)O. The van der Waals surface area contributed by atoms with Crippen molar-refractivity contribution < 1.29 is 28.5 Å². The number of carboxylic acids is 1. The summed E-state index contributed by atoms with van der Waals surface area (Å²) in [4.78, 5) is 42.8. The number of terminal acetylenes is 1. The van der Waals surface area contributed by atoms with Gasteiger partial charge in [0.25, 0.3) is 0 Å². The molecule has 2 unspecified atom stereocenters. The molecule has 6 N–H and O–H groups in total. The lowest BCUT2D eigenvalue weighted by Gasteiger charge is -2.11. The molecular weight excluding hydrogens is 686 g/mol. The highest BCUT2D eigenvalue weighted by Crippen LogP contribution is 2.36. The summed E-state index contributed by atoms with van der Waals surface area (Å²) in [6.07, 6.45) is 5.15. The lowest BCUT2D eigenvalue weighted by Crippen LogP contribution is -2.30. The zero-order valence-electron chi connectivity index (χ0n) is 26.2. The molecule has 15 nitrogen and oxygen atoms in total. The average molecular weight is 724 g/mol. The van der Waals surface area contributed by atoms with Crippen LogP contribution in [0.5, 0.6) is 5.75 Å². The standard InChI is InChI=1S/C15H14Cl2N2O3.C7H12ClN5.C5H12NO4P/c1-5-6-21-12-8-11(9(16)7-10(12)17)19-14(20)22-13(18-19)15(2,3)4;1-3-9-6-11-5(8)12-7(13-6)10-4-2;1-11(9,10)3-2-4(6)5(7)8/h1,7-8H,6H2,2-4H3;3-4H2,1-2H3,(H2,9,10,11,12,13);4H,2-3,6H2,1H3,(H,7,8)(H,9,10). The van der Waals surface area contributed by atoms with Gasteiger partial charge in [0.15, 0.2) is 7.37 Å². The molecule has 0 saturated carbocycles. The van der Waals surface area contributed by atoms with Crippen LogP contribution in [0.3, 0.4) is 0 Å². The third-order valence-electron chi connectivity index (χ3n) is 5.18. The summed E-state index contributed by atoms with van der Waals surface area (Å²) in [5, 5.41) is 19.1. The number of nitrogens with one attached hydrogen (secondary N) is 2. The minimum atomic E-state index is -3.10. The van der Waals surface area contributed by atoms with Crippen LogP contribution in [-0.4, -0.2) is 79.3 Å². The van der Waals surface area contributed by atoms with Crippen molar-refractivity contribution in [1.29, 1.82) is 0 Å². The Labute approximate surface area is 281 Å². The maximum absolute atomic E-state index is 12.0. The number of rotatable bonds is 11. The predicted molar refractivity (Wildman–Crippen MR) is 179 cm³/mol. The van der Waals surface area contributed by atoms with Gasteiger partial charge in [-0.25, -0.2) is 4.79 Å². The number of halogens is 3. The van der Waals surface area contributed by atoms with Crippen LogP contribution in [0, 0.1) is 12.3 Å². The number of nitrogens with two attached hydrogens (primary N) is 1. The molecule has 3 rings (SSSR count). The second-order valence-corrected chi connectivity index (χ2v) is 14.1. The van der Waals surface area contributed by atoms with Gasteiger partial charge in [-0.1, -0.05) is 49.9 Å². The highest BCUT2D eigenvalue weighted by Gasteiger charge is 2.24. The van der Waals surface area contributed by atoms with Crippen molar-refractivity contribution in [3.8, 4) is 23.8 Å². The van der Waals surface area contributed by atoms with Gasteiger partial charge in [-0.2, -0.15) is 19.6 Å². The fourth-order valence-corrected chi connectivity index (χ4v) is 4.41. The van der Waals surface area contributed by atoms with Gasteiger partial charge >= 0.3 is 11.7 Å². The van der Waals surface area contributed by atoms with Crippen LogP contribution in [-0.2, 0) is 14.8 Å². The molecule has 0 spiro atoms. The molecule has 0 fully saturated rings. The normalized spacial score (nSPS) is 12.7. The number of carbonyl (C=O) groups is 1. The van der Waals surface area contributed by atoms with Crippen LogP contribution >= 0.6 is 42.2 Å². The van der Waals surface area contributed by atoms with Crippen molar-refractivity contribution in [2.75, 3.05) is 43.2 Å². The lowest BCUT2D eigenvalue weighted by molar-refractivity contribution is -0.138. The second-order valence-electron chi connectivity index (χ2n) is 10.4. The van der Waals surface area contributed by atoms with Crippen molar-refractivity contribution in [2.24, 2.45) is 5.73 Å². The van der Waals surface area contributed by atoms with Gasteiger partial charge in [0.1, 0.15) is 18.4 Å². The Kier molecular flexibility index (Phi) is 16.5. The highest BCUT2D eigenvalue weighted by molar-refractivity contribution is 7.57. The second kappa shape index (κ2) is 18.7. The Balaban J connectivity index is 0.000000377. The molecule has 0 amide bonds. The first kappa shape index (κ1) is 40.6. The van der Waals surface area contributed by atoms with Crippen molar-refractivity contribution in [3.05, 3.63) is 43.9 Å². The fraction of sp³-hybridized carbons (Fsp3) is 0.481. The summed E-state index contributed by atoms with van der Waals surface area (Å²) < 4.78 is 22.2. The Morgan fingerprint density at radius 1 is 1.15 bits per heavy atom. The smallest absolute Gasteiger partial charge is 0.442 e. The minimum Gasteiger partial charge on any atom is -0.480 e. The Bertz CT molecular complexity index is 1580. The molecule has 2 atom stereocenters. The molecule has 2 aromatic heterocycles. The van der Waals surface area contributed by atoms with Gasteiger partial charge in [0, 0.05) is 37.4 Å². The predicted octanol–water partition coefficient (Wildman–Crippen LogP) is 4.52. The molecule has 0 aliphatic carbocycles. The molecule has 254 valence electrons. The van der Waals surface area contributed by atoms with E-state index < -0.39 is 30.6 Å². The van der Waals surface area contributed by atoms with Crippen LogP contribution in [0.25, 0.3) is 5.69 Å². The van der Waals surface area contributed by atoms with Gasteiger partial charge < -0.3 is 35.5 Å². The van der Waals surface area contributed by atoms with Gasteiger partial charge in [-0.15, -0.1) is 11.5 Å². The van der Waals surface area contributed by atoms with E-state index in [2.05, 4.69) is 36.6 Å². The lowest BCUT2D eigenvalue weighted by atomic mass is 9.97. The van der Waals surface area contributed by atoms with Crippen LogP contribution in [0.4, 0.5) is 11.9 Å². The quantitative estimate of drug-likeness (QED) is 0.136. The number of aliphatic carboxylic acids is 1. The highest BCUT2D eigenvalue weighted by atomic mass is 35.5. The van der Waals surface area contributed by atoms with Crippen LogP contribution in [0.1, 0.15) is 46.9 Å². The summed E-state index contributed by atoms with van der Waals surface area (Å²) in [5.41, 5.74) is 4.99. The van der Waals surface area contributed by atoms with E-state index in [9.17, 15) is 14.2 Å². The molecule has 19 heteroatoms. The molecule has 0 saturated heterocycles. The van der Waals surface area contributed by atoms with E-state index in [4.69, 9.17) is 66.1 Å². The number of hydrogen-bond acceptors (Lipinski definition) is 12. The minimum absolute atomic E-state index is 0.0412. The molecule has 46 heavy (non-hydrogen) atoms. The third kappa shape index (κ3) is 14.4. The Morgan fingerprint density at radius 3 is 2.15 bits per heavy atom. The van der Waals surface area contributed by atoms with Crippen molar-refractivity contribution >= 4 is 60.0 Å². The molecule has 1 aromatic carbocycles. The van der Waals surface area contributed by atoms with E-state index in [1.807, 2.05) is 34.6 Å². The fourth-order valence-electron chi connectivity index (χ4n) is 2.97. The molecule has 0 bridgehead atoms. The molecular formula is C27H38Cl3N8O7P. The van der Waals surface area contributed by atoms with E-state index in [1.54, 1.807) is 0 Å². The maximum atomic E-state index is 12.0. The molecule has 0 aliphatic rings. The molecule has 2 heterocycles. The average Bonchev–Trinajstić information content (AvgIpc) is 3.33. The van der Waals surface area contributed by atoms with Gasteiger partial charge in [-0.3, -0.25) is 9.36 Å². The summed E-state index contributed by atoms with van der Waals surface area (Å²) in [7, 11) is -3.10. The first-order valence-corrected chi connectivity index (χ1v) is 17.1. The van der Waals surface area contributed by atoms with Crippen molar-refractivity contribution in [1.82, 2.24) is 24.7 Å². The van der Waals surface area contributed by atoms with E-state index in [1.165, 1.54) is 18.8 Å². The number of ether oxygens (including phenoxy) is 1. The van der Waals surface area contributed by atoms with Gasteiger partial charge in [0.2, 0.25) is 23.1 Å². The summed E-state index contributed by atoms with van der Waals surface area (Å²) in [6, 6.07) is 1.93. The number of aromatic nitrogens is 5. The van der Waals surface area contributed by atoms with Gasteiger partial charge in [0.05, 0.1) is 15.7 Å². The molecule has 0 radical (unpaired) electrons. The largest absolute Gasteiger partial charge is 0.480 e. The summed E-state index contributed by atoms with van der Waals surface area (Å²) in [6.45, 7) is 12.3. The topological polar surface area (TPSA) is 221 Å². The first-order valence-electron chi connectivity index (χ1n) is 13.7. The number of benzene rings is 1. The summed E-state index contributed by atoms with van der Waals surface area (Å²) >= 11 is 17.9. The molecule has 3 aromatic rings. The molecule has 0 aliphatic heterocycles. The van der Waals surface area contributed by atoms with Crippen molar-refractivity contribution in [2.45, 2.75) is 52.5 Å². The maximum Gasteiger partial charge on any atom is 0.442 e. The van der Waals surface area contributed by atoms with E-state index in [-0.39, 0.29) is 34.5 Å². The Hall–Kier alpha value is -3.38. The zero-order valence-corrected chi connectivity index (χ0v) is 29.3. The zero-order chi connectivity index (χ0) is 35.2. The van der Waals surface area contributed by atoms with Crippen LogP contribution < -0.4 is 26.9 Å². The van der Waals surface area contributed by atoms with E-state index in [0.717, 1.165) is 17.8 Å². The van der Waals surface area contributed by atoms with Crippen LogP contribution in [0.2, 0.25) is 15.3 Å². The number of carboxylic acid groups (broad SMARTS) is 1. The van der Waals surface area contributed by atoms with E-state index in [0.29, 0.717) is 29.2 Å². The summed E-state index contributed by atoms with van der Waals surface area (Å²) in [5.74, 6) is 2.16. The Morgan fingerprint density at radius 2 is 1.72 bits per heavy atom. The first-order chi connectivity index (χ1) is 21.3.